The van der Waals surface area contributed by atoms with Gasteiger partial charge in [0.25, 0.3) is 0 Å². The first-order valence-electron chi connectivity index (χ1n) is 5.96. The number of nitrogen functional groups attached to an aromatic ring is 1. The van der Waals surface area contributed by atoms with E-state index in [-0.39, 0.29) is 11.5 Å². The highest BCUT2D eigenvalue weighted by molar-refractivity contribution is 5.79. The molecule has 2 aromatic carbocycles. The van der Waals surface area contributed by atoms with E-state index < -0.39 is 0 Å². The van der Waals surface area contributed by atoms with Gasteiger partial charge in [-0.2, -0.15) is 5.26 Å². The number of nitrogens with zero attached hydrogens (tertiary/aromatic N) is 1. The summed E-state index contributed by atoms with van der Waals surface area (Å²) in [7, 11) is 1.51. The third-order valence-corrected chi connectivity index (χ3v) is 2.96. The van der Waals surface area contributed by atoms with E-state index in [0.717, 1.165) is 0 Å². The molecule has 0 atom stereocenters. The standard InChI is InChI=1S/C15H14FN3O/c1-9-6-13(12(18)7-11(9)16)19-15-10(8-17)4-3-5-14(15)20-2/h3-7,19H,18H2,1-2H3. The average Bonchev–Trinajstić information content (AvgIpc) is 2.44. The number of para-hydroxylation sites is 1. The van der Waals surface area contributed by atoms with E-state index in [1.54, 1.807) is 31.2 Å². The summed E-state index contributed by atoms with van der Waals surface area (Å²) in [6, 6.07) is 10.0. The van der Waals surface area contributed by atoms with E-state index in [0.29, 0.717) is 28.3 Å². The summed E-state index contributed by atoms with van der Waals surface area (Å²) in [6.45, 7) is 1.65. The topological polar surface area (TPSA) is 71.1 Å². The molecule has 0 unspecified atom stereocenters. The molecule has 0 aliphatic heterocycles. The molecule has 20 heavy (non-hydrogen) atoms. The second-order valence-electron chi connectivity index (χ2n) is 4.31. The van der Waals surface area contributed by atoms with Crippen LogP contribution in [0.5, 0.6) is 5.75 Å². The Labute approximate surface area is 116 Å². The minimum atomic E-state index is -0.367. The Hall–Kier alpha value is -2.74. The lowest BCUT2D eigenvalue weighted by Crippen LogP contribution is -2.02. The first kappa shape index (κ1) is 13.7. The number of nitrogens with two attached hydrogens (primary N) is 1. The lowest BCUT2D eigenvalue weighted by molar-refractivity contribution is 0.416. The minimum Gasteiger partial charge on any atom is -0.495 e. The molecule has 0 aromatic heterocycles. The van der Waals surface area contributed by atoms with Gasteiger partial charge < -0.3 is 15.8 Å². The number of halogens is 1. The van der Waals surface area contributed by atoms with Gasteiger partial charge in [-0.1, -0.05) is 6.07 Å². The van der Waals surface area contributed by atoms with E-state index in [1.807, 2.05) is 0 Å². The number of hydrogen-bond donors (Lipinski definition) is 2. The summed E-state index contributed by atoms with van der Waals surface area (Å²) in [5.74, 6) is 0.152. The van der Waals surface area contributed by atoms with Gasteiger partial charge in [-0.15, -0.1) is 0 Å². The zero-order valence-corrected chi connectivity index (χ0v) is 11.2. The van der Waals surface area contributed by atoms with Gasteiger partial charge in [0.15, 0.2) is 0 Å². The second-order valence-corrected chi connectivity index (χ2v) is 4.31. The molecule has 0 amide bonds. The highest BCUT2D eigenvalue weighted by Crippen LogP contribution is 2.33. The highest BCUT2D eigenvalue weighted by atomic mass is 19.1. The summed E-state index contributed by atoms with van der Waals surface area (Å²) in [5.41, 5.74) is 7.99. The van der Waals surface area contributed by atoms with Crippen molar-refractivity contribution in [3.05, 3.63) is 47.3 Å². The Bertz CT molecular complexity index is 692. The van der Waals surface area contributed by atoms with Crippen LogP contribution in [0.4, 0.5) is 21.5 Å². The molecule has 0 fully saturated rings. The first-order valence-corrected chi connectivity index (χ1v) is 5.96. The van der Waals surface area contributed by atoms with Crippen LogP contribution in [0.15, 0.2) is 30.3 Å². The smallest absolute Gasteiger partial charge is 0.143 e. The van der Waals surface area contributed by atoms with Crippen LogP contribution in [-0.2, 0) is 0 Å². The van der Waals surface area contributed by atoms with Crippen molar-refractivity contribution in [2.75, 3.05) is 18.2 Å². The molecule has 0 aliphatic carbocycles. The molecule has 3 N–H and O–H groups in total. The van der Waals surface area contributed by atoms with Gasteiger partial charge in [0, 0.05) is 0 Å². The van der Waals surface area contributed by atoms with Crippen molar-refractivity contribution in [2.45, 2.75) is 6.92 Å². The lowest BCUT2D eigenvalue weighted by Gasteiger charge is -2.15. The fourth-order valence-electron chi connectivity index (χ4n) is 1.86. The molecule has 2 aromatic rings. The zero-order chi connectivity index (χ0) is 14.7. The van der Waals surface area contributed by atoms with Crippen LogP contribution in [0.1, 0.15) is 11.1 Å². The molecule has 102 valence electrons. The number of hydrogen-bond acceptors (Lipinski definition) is 4. The maximum Gasteiger partial charge on any atom is 0.143 e. The van der Waals surface area contributed by atoms with Crippen LogP contribution < -0.4 is 15.8 Å². The number of methoxy groups -OCH3 is 1. The second kappa shape index (κ2) is 5.49. The fourth-order valence-corrected chi connectivity index (χ4v) is 1.86. The fraction of sp³-hybridized carbons (Fsp3) is 0.133. The van der Waals surface area contributed by atoms with Crippen LogP contribution in [0, 0.1) is 24.1 Å². The van der Waals surface area contributed by atoms with Crippen LogP contribution in [0.2, 0.25) is 0 Å². The van der Waals surface area contributed by atoms with Gasteiger partial charge in [-0.05, 0) is 36.8 Å². The molecule has 0 saturated carbocycles. The van der Waals surface area contributed by atoms with Gasteiger partial charge in [0.05, 0.1) is 29.7 Å². The normalized spacial score (nSPS) is 9.90. The van der Waals surface area contributed by atoms with Gasteiger partial charge in [-0.3, -0.25) is 0 Å². The van der Waals surface area contributed by atoms with Crippen LogP contribution in [0.3, 0.4) is 0 Å². The molecule has 2 rings (SSSR count). The molecular weight excluding hydrogens is 257 g/mol. The minimum absolute atomic E-state index is 0.267. The van der Waals surface area contributed by atoms with Crippen LogP contribution in [-0.4, -0.2) is 7.11 Å². The van der Waals surface area contributed by atoms with Gasteiger partial charge in [0.2, 0.25) is 0 Å². The van der Waals surface area contributed by atoms with E-state index in [4.69, 9.17) is 15.7 Å². The summed E-state index contributed by atoms with van der Waals surface area (Å²) in [5, 5.41) is 12.2. The Morgan fingerprint density at radius 2 is 2.10 bits per heavy atom. The van der Waals surface area contributed by atoms with Crippen LogP contribution in [0.25, 0.3) is 0 Å². The quantitative estimate of drug-likeness (QED) is 0.840. The Morgan fingerprint density at radius 3 is 2.75 bits per heavy atom. The van der Waals surface area contributed by atoms with E-state index >= 15 is 0 Å². The van der Waals surface area contributed by atoms with E-state index in [2.05, 4.69) is 11.4 Å². The third-order valence-electron chi connectivity index (χ3n) is 2.96. The lowest BCUT2D eigenvalue weighted by atomic mass is 10.1. The maximum atomic E-state index is 13.4. The van der Waals surface area contributed by atoms with Gasteiger partial charge in [0.1, 0.15) is 17.6 Å². The SMILES string of the molecule is COc1cccc(C#N)c1Nc1cc(C)c(F)cc1N. The van der Waals surface area contributed by atoms with Crippen molar-refractivity contribution in [3.63, 3.8) is 0 Å². The number of aryl methyl sites for hydroxylation is 1. The number of anilines is 3. The summed E-state index contributed by atoms with van der Waals surface area (Å²) < 4.78 is 18.6. The predicted molar refractivity (Wildman–Crippen MR) is 76.5 cm³/mol. The van der Waals surface area contributed by atoms with Crippen molar-refractivity contribution < 1.29 is 9.13 Å². The number of nitrogens with one attached hydrogen (secondary N) is 1. The molecule has 0 bridgehead atoms. The Kier molecular flexibility index (Phi) is 3.76. The largest absolute Gasteiger partial charge is 0.495 e. The summed E-state index contributed by atoms with van der Waals surface area (Å²) in [4.78, 5) is 0. The van der Waals surface area contributed by atoms with Gasteiger partial charge in [-0.25, -0.2) is 4.39 Å². The van der Waals surface area contributed by atoms with Crippen molar-refractivity contribution in [1.29, 1.82) is 5.26 Å². The van der Waals surface area contributed by atoms with Crippen LogP contribution >= 0.6 is 0 Å². The Balaban J connectivity index is 2.50. The molecule has 0 heterocycles. The van der Waals surface area contributed by atoms with E-state index in [1.165, 1.54) is 13.2 Å². The molecule has 0 radical (unpaired) electrons. The molecule has 4 nitrogen and oxygen atoms in total. The number of ether oxygens (including phenoxy) is 1. The van der Waals surface area contributed by atoms with Gasteiger partial charge >= 0.3 is 0 Å². The highest BCUT2D eigenvalue weighted by Gasteiger charge is 2.12. The third kappa shape index (κ3) is 2.50. The average molecular weight is 271 g/mol. The number of nitriles is 1. The van der Waals surface area contributed by atoms with Crippen molar-refractivity contribution >= 4 is 17.1 Å². The van der Waals surface area contributed by atoms with E-state index in [9.17, 15) is 4.39 Å². The first-order chi connectivity index (χ1) is 9.56. The predicted octanol–water partition coefficient (Wildman–Crippen LogP) is 3.34. The summed E-state index contributed by atoms with van der Waals surface area (Å²) >= 11 is 0. The molecule has 0 saturated heterocycles. The Morgan fingerprint density at radius 1 is 1.35 bits per heavy atom. The zero-order valence-electron chi connectivity index (χ0n) is 11.2. The van der Waals surface area contributed by atoms with Crippen molar-refractivity contribution in [3.8, 4) is 11.8 Å². The number of benzene rings is 2. The monoisotopic (exact) mass is 271 g/mol. The molecule has 5 heteroatoms. The molecular formula is C15H14FN3O. The van der Waals surface area contributed by atoms with Crippen molar-refractivity contribution in [2.24, 2.45) is 0 Å². The molecule has 0 aliphatic rings. The number of rotatable bonds is 3. The molecule has 0 spiro atoms. The van der Waals surface area contributed by atoms with Crippen molar-refractivity contribution in [1.82, 2.24) is 0 Å². The summed E-state index contributed by atoms with van der Waals surface area (Å²) in [6.07, 6.45) is 0. The maximum absolute atomic E-state index is 13.4.